The Hall–Kier alpha value is -3.25. The first-order chi connectivity index (χ1) is 19.2. The minimum absolute atomic E-state index is 0. The molecule has 0 aliphatic rings. The molecule has 6 heteroatoms. The Bertz CT molecular complexity index is 1370. The average molecular weight is 617 g/mol. The van der Waals surface area contributed by atoms with Crippen molar-refractivity contribution >= 4 is 11.6 Å². The number of aromatic nitrogens is 3. The molecule has 0 unspecified atom stereocenters. The van der Waals surface area contributed by atoms with Crippen molar-refractivity contribution in [2.75, 3.05) is 10.6 Å². The van der Waals surface area contributed by atoms with Crippen LogP contribution in [0.5, 0.6) is 0 Å². The first-order valence-corrected chi connectivity index (χ1v) is 14.7. The van der Waals surface area contributed by atoms with Gasteiger partial charge < -0.3 is 27.6 Å². The summed E-state index contributed by atoms with van der Waals surface area (Å²) < 4.78 is 2.33. The zero-order valence-corrected chi connectivity index (χ0v) is 27.7. The number of hydrogen-bond acceptors (Lipinski definition) is 4. The molecule has 3 heterocycles. The first-order valence-electron chi connectivity index (χ1n) is 14.7. The van der Waals surface area contributed by atoms with E-state index in [-0.39, 0.29) is 17.0 Å². The number of nitrogens with zero attached hydrogens (tertiary/aromatic N) is 3. The van der Waals surface area contributed by atoms with Crippen LogP contribution in [0, 0.1) is 34.6 Å². The molecule has 4 aromatic rings. The Kier molecular flexibility index (Phi) is 11.5. The molecular weight excluding hydrogens is 570 g/mol. The van der Waals surface area contributed by atoms with E-state index in [1.54, 1.807) is 0 Å². The lowest BCUT2D eigenvalue weighted by molar-refractivity contribution is -0.688. The summed E-state index contributed by atoms with van der Waals surface area (Å²) in [6.07, 6.45) is 7.40. The van der Waals surface area contributed by atoms with E-state index in [1.807, 2.05) is 0 Å². The molecule has 0 aliphatic carbocycles. The average Bonchev–Trinajstić information content (AvgIpc) is 2.89. The van der Waals surface area contributed by atoms with Gasteiger partial charge in [0.2, 0.25) is 0 Å². The normalized spacial score (nSPS) is 10.8. The zero-order valence-electron chi connectivity index (χ0n) is 26.1. The van der Waals surface area contributed by atoms with Crippen molar-refractivity contribution < 1.29 is 21.5 Å². The molecule has 0 atom stereocenters. The van der Waals surface area contributed by atoms with Crippen LogP contribution >= 0.6 is 0 Å². The standard InChI is InChI=1S/C35H46N5.BrH/c1-9-28-31(19-36-34-17-24(5)15-26(7)38-34)29(10-2)33(22-40-14-12-13-23(4)21-40)30(11-3)32(28)20-37-35-18-25(6)16-27(8)39-35;/h12-18,21H,9-11,19-20,22H2,1-8H3,(H,36,38)(H,37,39);1H/q+1;/p-1. The Morgan fingerprint density at radius 2 is 1.07 bits per heavy atom. The number of anilines is 2. The minimum Gasteiger partial charge on any atom is -1.00 e. The van der Waals surface area contributed by atoms with Gasteiger partial charge in [0.1, 0.15) is 11.6 Å². The SMILES string of the molecule is CCc1c(CNc2cc(C)cc(C)n2)c(CC)c(C[n+]2cccc(C)c2)c(CC)c1CNc1cc(C)cc(C)n1.[Br-]. The largest absolute Gasteiger partial charge is 1.00 e. The van der Waals surface area contributed by atoms with Gasteiger partial charge >= 0.3 is 0 Å². The zero-order chi connectivity index (χ0) is 28.8. The number of hydrogen-bond donors (Lipinski definition) is 2. The van der Waals surface area contributed by atoms with E-state index in [9.17, 15) is 0 Å². The predicted octanol–water partition coefficient (Wildman–Crippen LogP) is 4.27. The van der Waals surface area contributed by atoms with Crippen molar-refractivity contribution in [2.24, 2.45) is 0 Å². The van der Waals surface area contributed by atoms with Gasteiger partial charge in [0, 0.05) is 41.7 Å². The van der Waals surface area contributed by atoms with Gasteiger partial charge in [-0.25, -0.2) is 14.5 Å². The summed E-state index contributed by atoms with van der Waals surface area (Å²) in [7, 11) is 0. The molecule has 2 N–H and O–H groups in total. The predicted molar refractivity (Wildman–Crippen MR) is 167 cm³/mol. The first kappa shape index (κ1) is 32.3. The quantitative estimate of drug-likeness (QED) is 0.247. The molecule has 5 nitrogen and oxygen atoms in total. The molecular formula is C35H46BrN5. The highest BCUT2D eigenvalue weighted by Gasteiger charge is 2.23. The fraction of sp³-hybridized carbons (Fsp3) is 0.400. The van der Waals surface area contributed by atoms with E-state index >= 15 is 0 Å². The van der Waals surface area contributed by atoms with Crippen LogP contribution in [0.1, 0.15) is 82.2 Å². The Morgan fingerprint density at radius 3 is 1.49 bits per heavy atom. The smallest absolute Gasteiger partial charge is 0.174 e. The van der Waals surface area contributed by atoms with Crippen LogP contribution in [-0.2, 0) is 38.9 Å². The highest BCUT2D eigenvalue weighted by atomic mass is 79.9. The van der Waals surface area contributed by atoms with E-state index in [0.29, 0.717) is 0 Å². The third kappa shape index (κ3) is 7.94. The maximum absolute atomic E-state index is 4.77. The molecule has 0 amide bonds. The summed E-state index contributed by atoms with van der Waals surface area (Å²) in [6.45, 7) is 19.8. The van der Waals surface area contributed by atoms with Crippen molar-refractivity contribution in [2.45, 2.75) is 94.3 Å². The van der Waals surface area contributed by atoms with Crippen LogP contribution < -0.4 is 32.2 Å². The molecule has 41 heavy (non-hydrogen) atoms. The summed E-state index contributed by atoms with van der Waals surface area (Å²) in [5.74, 6) is 1.88. The molecule has 0 radical (unpaired) electrons. The van der Waals surface area contributed by atoms with Gasteiger partial charge in [-0.05, 0) is 123 Å². The molecule has 0 saturated carbocycles. The number of benzene rings is 1. The summed E-state index contributed by atoms with van der Waals surface area (Å²) in [5, 5.41) is 7.39. The number of aryl methyl sites for hydroxylation is 5. The van der Waals surface area contributed by atoms with Gasteiger partial charge in [0.15, 0.2) is 18.9 Å². The fourth-order valence-corrected chi connectivity index (χ4v) is 6.15. The second-order valence-electron chi connectivity index (χ2n) is 11.0. The number of rotatable bonds is 11. The molecule has 0 aliphatic heterocycles. The van der Waals surface area contributed by atoms with E-state index in [1.165, 1.54) is 50.1 Å². The van der Waals surface area contributed by atoms with E-state index in [0.717, 1.165) is 61.9 Å². The van der Waals surface area contributed by atoms with Gasteiger partial charge in [-0.3, -0.25) is 0 Å². The van der Waals surface area contributed by atoms with Crippen LogP contribution in [0.15, 0.2) is 48.8 Å². The lowest BCUT2D eigenvalue weighted by Crippen LogP contribution is -3.00. The molecule has 0 saturated heterocycles. The van der Waals surface area contributed by atoms with Crippen LogP contribution in [0.25, 0.3) is 0 Å². The van der Waals surface area contributed by atoms with Crippen molar-refractivity contribution in [3.05, 3.63) is 110 Å². The van der Waals surface area contributed by atoms with Gasteiger partial charge in [0.25, 0.3) is 0 Å². The Morgan fingerprint density at radius 1 is 0.610 bits per heavy atom. The van der Waals surface area contributed by atoms with Crippen molar-refractivity contribution in [1.82, 2.24) is 9.97 Å². The van der Waals surface area contributed by atoms with E-state index < -0.39 is 0 Å². The summed E-state index contributed by atoms with van der Waals surface area (Å²) in [4.78, 5) is 9.55. The third-order valence-electron chi connectivity index (χ3n) is 7.68. The van der Waals surface area contributed by atoms with Crippen LogP contribution in [0.2, 0.25) is 0 Å². The van der Waals surface area contributed by atoms with Crippen LogP contribution in [0.4, 0.5) is 11.6 Å². The molecule has 1 aromatic carbocycles. The Balaban J connectivity index is 0.00000462. The molecule has 0 spiro atoms. The second-order valence-corrected chi connectivity index (χ2v) is 11.0. The van der Waals surface area contributed by atoms with E-state index in [4.69, 9.17) is 9.97 Å². The number of pyridine rings is 3. The van der Waals surface area contributed by atoms with Gasteiger partial charge in [-0.15, -0.1) is 0 Å². The lowest BCUT2D eigenvalue weighted by atomic mass is 9.83. The second kappa shape index (κ2) is 14.6. The molecule has 0 fully saturated rings. The summed E-state index contributed by atoms with van der Waals surface area (Å²) in [6, 6.07) is 12.8. The van der Waals surface area contributed by atoms with Crippen molar-refractivity contribution in [3.63, 3.8) is 0 Å². The highest BCUT2D eigenvalue weighted by Crippen LogP contribution is 2.32. The summed E-state index contributed by atoms with van der Waals surface area (Å²) >= 11 is 0. The molecule has 3 aromatic heterocycles. The lowest BCUT2D eigenvalue weighted by Gasteiger charge is -2.26. The minimum atomic E-state index is 0. The summed E-state index contributed by atoms with van der Waals surface area (Å²) in [5.41, 5.74) is 14.5. The van der Waals surface area contributed by atoms with Crippen molar-refractivity contribution in [3.8, 4) is 0 Å². The third-order valence-corrected chi connectivity index (χ3v) is 7.68. The van der Waals surface area contributed by atoms with Gasteiger partial charge in [-0.1, -0.05) is 20.8 Å². The fourth-order valence-electron chi connectivity index (χ4n) is 6.15. The Labute approximate surface area is 257 Å². The maximum atomic E-state index is 4.77. The van der Waals surface area contributed by atoms with Gasteiger partial charge in [0.05, 0.1) is 0 Å². The van der Waals surface area contributed by atoms with Gasteiger partial charge in [-0.2, -0.15) is 0 Å². The highest BCUT2D eigenvalue weighted by molar-refractivity contribution is 5.55. The molecule has 0 bridgehead atoms. The van der Waals surface area contributed by atoms with Crippen LogP contribution in [0.3, 0.4) is 0 Å². The van der Waals surface area contributed by atoms with Crippen molar-refractivity contribution in [1.29, 1.82) is 0 Å². The topological polar surface area (TPSA) is 53.7 Å². The monoisotopic (exact) mass is 615 g/mol. The number of halogens is 1. The van der Waals surface area contributed by atoms with Crippen LogP contribution in [-0.4, -0.2) is 9.97 Å². The molecule has 4 rings (SSSR count). The number of nitrogens with one attached hydrogen (secondary N) is 2. The van der Waals surface area contributed by atoms with E-state index in [2.05, 4.69) is 119 Å². The maximum Gasteiger partial charge on any atom is 0.174 e. The molecule has 218 valence electrons.